The van der Waals surface area contributed by atoms with Crippen LogP contribution in [-0.4, -0.2) is 51.0 Å². The van der Waals surface area contributed by atoms with E-state index in [1.165, 1.54) is 16.4 Å². The Hall–Kier alpha value is -2.88. The average Bonchev–Trinajstić information content (AvgIpc) is 3.15. The second kappa shape index (κ2) is 8.93. The standard InChI is InChI=1S/C23H26N2O6S/c1-15-12-25(13-16(2)31-15)32(27,28)20-7-4-18(5-8-20)24-23(26)10-17-14-30-22-11-19(29-3)6-9-21(17)22/h4-9,11,14-16H,10,12-13H2,1-3H3,(H,24,26)/t15-,16-/m1/s1. The van der Waals surface area contributed by atoms with Crippen LogP contribution in [0.5, 0.6) is 5.75 Å². The van der Waals surface area contributed by atoms with Crippen LogP contribution in [-0.2, 0) is 26.0 Å². The van der Waals surface area contributed by atoms with Gasteiger partial charge in [-0.2, -0.15) is 4.31 Å². The molecular weight excluding hydrogens is 432 g/mol. The zero-order valence-corrected chi connectivity index (χ0v) is 19.0. The number of anilines is 1. The molecule has 0 bridgehead atoms. The van der Waals surface area contributed by atoms with Crippen LogP contribution in [0.2, 0.25) is 0 Å². The Labute approximate surface area is 187 Å². The van der Waals surface area contributed by atoms with Crippen LogP contribution in [0, 0.1) is 0 Å². The molecule has 2 aromatic carbocycles. The van der Waals surface area contributed by atoms with Gasteiger partial charge in [0.1, 0.15) is 11.3 Å². The molecule has 2 heterocycles. The highest BCUT2D eigenvalue weighted by atomic mass is 32.2. The lowest BCUT2D eigenvalue weighted by Crippen LogP contribution is -2.48. The first-order valence-electron chi connectivity index (χ1n) is 10.4. The molecule has 1 aliphatic heterocycles. The molecule has 32 heavy (non-hydrogen) atoms. The van der Waals surface area contributed by atoms with Gasteiger partial charge in [0.15, 0.2) is 0 Å². The van der Waals surface area contributed by atoms with Crippen LogP contribution in [0.3, 0.4) is 0 Å². The summed E-state index contributed by atoms with van der Waals surface area (Å²) in [5.41, 5.74) is 1.93. The molecule has 0 radical (unpaired) electrons. The molecule has 0 spiro atoms. The summed E-state index contributed by atoms with van der Waals surface area (Å²) in [4.78, 5) is 12.7. The summed E-state index contributed by atoms with van der Waals surface area (Å²) in [6, 6.07) is 11.6. The molecule has 1 aliphatic rings. The largest absolute Gasteiger partial charge is 0.497 e. The summed E-state index contributed by atoms with van der Waals surface area (Å²) in [5.74, 6) is 0.453. The van der Waals surface area contributed by atoms with Gasteiger partial charge in [-0.1, -0.05) is 0 Å². The molecule has 1 N–H and O–H groups in total. The number of carbonyl (C=O) groups is 1. The number of amides is 1. The van der Waals surface area contributed by atoms with E-state index in [0.29, 0.717) is 30.1 Å². The second-order valence-electron chi connectivity index (χ2n) is 7.95. The second-order valence-corrected chi connectivity index (χ2v) is 9.89. The summed E-state index contributed by atoms with van der Waals surface area (Å²) in [6.07, 6.45) is 1.37. The lowest BCUT2D eigenvalue weighted by Gasteiger charge is -2.34. The minimum atomic E-state index is -3.63. The van der Waals surface area contributed by atoms with Gasteiger partial charge >= 0.3 is 0 Å². The molecule has 0 unspecified atom stereocenters. The van der Waals surface area contributed by atoms with Gasteiger partial charge in [-0.15, -0.1) is 0 Å². The highest BCUT2D eigenvalue weighted by molar-refractivity contribution is 7.89. The van der Waals surface area contributed by atoms with Crippen LogP contribution in [0.4, 0.5) is 5.69 Å². The Morgan fingerprint density at radius 3 is 2.47 bits per heavy atom. The van der Waals surface area contributed by atoms with Crippen molar-refractivity contribution in [2.24, 2.45) is 0 Å². The molecule has 1 fully saturated rings. The SMILES string of the molecule is COc1ccc2c(CC(=O)Nc3ccc(S(=O)(=O)N4C[C@@H](C)O[C@H](C)C4)cc3)coc2c1. The van der Waals surface area contributed by atoms with Crippen LogP contribution in [0.15, 0.2) is 58.0 Å². The Morgan fingerprint density at radius 1 is 1.12 bits per heavy atom. The van der Waals surface area contributed by atoms with Crippen molar-refractivity contribution in [3.05, 3.63) is 54.3 Å². The van der Waals surface area contributed by atoms with Crippen LogP contribution >= 0.6 is 0 Å². The molecule has 1 amide bonds. The number of methoxy groups -OCH3 is 1. The van der Waals surface area contributed by atoms with Crippen molar-refractivity contribution >= 4 is 32.6 Å². The molecule has 170 valence electrons. The quantitative estimate of drug-likeness (QED) is 0.608. The third-order valence-corrected chi connectivity index (χ3v) is 7.22. The van der Waals surface area contributed by atoms with Crippen molar-refractivity contribution in [1.29, 1.82) is 0 Å². The van der Waals surface area contributed by atoms with E-state index in [1.807, 2.05) is 26.0 Å². The molecule has 1 saturated heterocycles. The third kappa shape index (κ3) is 4.64. The predicted molar refractivity (Wildman–Crippen MR) is 120 cm³/mol. The van der Waals surface area contributed by atoms with Crippen LogP contribution in [0.25, 0.3) is 11.0 Å². The number of carbonyl (C=O) groups excluding carboxylic acids is 1. The third-order valence-electron chi connectivity index (χ3n) is 5.38. The normalized spacial score (nSPS) is 19.7. The Kier molecular flexibility index (Phi) is 6.23. The first-order valence-corrected chi connectivity index (χ1v) is 11.8. The minimum Gasteiger partial charge on any atom is -0.497 e. The van der Waals surface area contributed by atoms with Gasteiger partial charge in [-0.3, -0.25) is 4.79 Å². The molecule has 1 aromatic heterocycles. The highest BCUT2D eigenvalue weighted by Gasteiger charge is 2.32. The summed E-state index contributed by atoms with van der Waals surface area (Å²) in [6.45, 7) is 4.35. The number of hydrogen-bond acceptors (Lipinski definition) is 6. The van der Waals surface area contributed by atoms with E-state index in [9.17, 15) is 13.2 Å². The van der Waals surface area contributed by atoms with E-state index >= 15 is 0 Å². The van der Waals surface area contributed by atoms with Crippen LogP contribution in [0.1, 0.15) is 19.4 Å². The van der Waals surface area contributed by atoms with E-state index < -0.39 is 10.0 Å². The number of benzene rings is 2. The number of hydrogen-bond donors (Lipinski definition) is 1. The number of fused-ring (bicyclic) bond motifs is 1. The Bertz CT molecular complexity index is 1210. The molecule has 0 saturated carbocycles. The zero-order valence-electron chi connectivity index (χ0n) is 18.2. The lowest BCUT2D eigenvalue weighted by molar-refractivity contribution is -0.115. The van der Waals surface area contributed by atoms with Gasteiger partial charge in [0.2, 0.25) is 15.9 Å². The number of nitrogens with one attached hydrogen (secondary N) is 1. The fraction of sp³-hybridized carbons (Fsp3) is 0.348. The summed E-state index contributed by atoms with van der Waals surface area (Å²) in [7, 11) is -2.05. The van der Waals surface area contributed by atoms with E-state index in [1.54, 1.807) is 31.6 Å². The summed E-state index contributed by atoms with van der Waals surface area (Å²) in [5, 5.41) is 3.65. The Balaban J connectivity index is 1.43. The monoisotopic (exact) mass is 458 g/mol. The van der Waals surface area contributed by atoms with Crippen molar-refractivity contribution in [1.82, 2.24) is 4.31 Å². The topological polar surface area (TPSA) is 98.1 Å². The lowest BCUT2D eigenvalue weighted by atomic mass is 10.1. The smallest absolute Gasteiger partial charge is 0.243 e. The Morgan fingerprint density at radius 2 is 1.81 bits per heavy atom. The highest BCUT2D eigenvalue weighted by Crippen LogP contribution is 2.26. The maximum atomic E-state index is 13.0. The molecular formula is C23H26N2O6S. The fourth-order valence-electron chi connectivity index (χ4n) is 3.89. The summed E-state index contributed by atoms with van der Waals surface area (Å²) < 4.78 is 43.7. The van der Waals surface area contributed by atoms with Crippen molar-refractivity contribution in [2.45, 2.75) is 37.4 Å². The van der Waals surface area contributed by atoms with Gasteiger partial charge in [0, 0.05) is 35.8 Å². The molecule has 2 atom stereocenters. The maximum absolute atomic E-state index is 13.0. The predicted octanol–water partition coefficient (Wildman–Crippen LogP) is 3.42. The van der Waals surface area contributed by atoms with Gasteiger partial charge in [0.05, 0.1) is 36.9 Å². The van der Waals surface area contributed by atoms with Gasteiger partial charge in [-0.05, 0) is 50.2 Å². The van der Waals surface area contributed by atoms with E-state index in [4.69, 9.17) is 13.9 Å². The number of sulfonamides is 1. The van der Waals surface area contributed by atoms with Crippen molar-refractivity contribution in [3.63, 3.8) is 0 Å². The maximum Gasteiger partial charge on any atom is 0.243 e. The van der Waals surface area contributed by atoms with Crippen molar-refractivity contribution in [3.8, 4) is 5.75 Å². The number of morpholine rings is 1. The van der Waals surface area contributed by atoms with Gasteiger partial charge < -0.3 is 19.2 Å². The molecule has 8 nitrogen and oxygen atoms in total. The molecule has 4 rings (SSSR count). The molecule has 9 heteroatoms. The number of ether oxygens (including phenoxy) is 2. The first kappa shape index (κ1) is 22.3. The average molecular weight is 459 g/mol. The molecule has 3 aromatic rings. The van der Waals surface area contributed by atoms with E-state index in [-0.39, 0.29) is 29.4 Å². The fourth-order valence-corrected chi connectivity index (χ4v) is 5.48. The van der Waals surface area contributed by atoms with Crippen molar-refractivity contribution in [2.75, 3.05) is 25.5 Å². The van der Waals surface area contributed by atoms with E-state index in [2.05, 4.69) is 5.32 Å². The van der Waals surface area contributed by atoms with Crippen molar-refractivity contribution < 1.29 is 27.1 Å². The van der Waals surface area contributed by atoms with Gasteiger partial charge in [0.25, 0.3) is 0 Å². The summed E-state index contributed by atoms with van der Waals surface area (Å²) >= 11 is 0. The zero-order chi connectivity index (χ0) is 22.9. The number of rotatable bonds is 6. The first-order chi connectivity index (χ1) is 15.3. The number of furan rings is 1. The van der Waals surface area contributed by atoms with Gasteiger partial charge in [-0.25, -0.2) is 8.42 Å². The van der Waals surface area contributed by atoms with E-state index in [0.717, 1.165) is 10.9 Å². The number of nitrogens with zero attached hydrogens (tertiary/aromatic N) is 1. The minimum absolute atomic E-state index is 0.128. The molecule has 0 aliphatic carbocycles. The van der Waals surface area contributed by atoms with Crippen LogP contribution < -0.4 is 10.1 Å².